The Hall–Kier alpha value is -1.87. The summed E-state index contributed by atoms with van der Waals surface area (Å²) in [5.74, 6) is -1.46. The smallest absolute Gasteiger partial charge is 0.462 e. The van der Waals surface area contributed by atoms with Gasteiger partial charge in [-0.15, -0.1) is 0 Å². The first-order valence-corrected chi connectivity index (χ1v) is 27.7. The third-order valence-corrected chi connectivity index (χ3v) is 13.8. The lowest BCUT2D eigenvalue weighted by atomic mass is 9.84. The van der Waals surface area contributed by atoms with Crippen molar-refractivity contribution in [1.82, 2.24) is 0 Å². The van der Waals surface area contributed by atoms with Crippen LogP contribution in [-0.2, 0) is 42.1 Å². The fourth-order valence-corrected chi connectivity index (χ4v) is 9.40. The van der Waals surface area contributed by atoms with Gasteiger partial charge in [0.2, 0.25) is 0 Å². The molecule has 19 heteroatoms. The summed E-state index contributed by atoms with van der Waals surface area (Å²) in [6, 6.07) is 0. The Labute approximate surface area is 411 Å². The van der Waals surface area contributed by atoms with E-state index in [4.69, 9.17) is 28.0 Å². The van der Waals surface area contributed by atoms with Gasteiger partial charge in [0.15, 0.2) is 12.4 Å². The van der Waals surface area contributed by atoms with Gasteiger partial charge >= 0.3 is 19.8 Å². The van der Waals surface area contributed by atoms with Crippen LogP contribution in [0.2, 0.25) is 0 Å². The van der Waals surface area contributed by atoms with Gasteiger partial charge in [0.05, 0.1) is 13.2 Å². The molecular formula is C50H91O18P. The molecule has 13 unspecified atom stereocenters. The Kier molecular flexibility index (Phi) is 34.7. The maximum atomic E-state index is 13.4. The maximum Gasteiger partial charge on any atom is 0.472 e. The zero-order chi connectivity index (χ0) is 50.9. The largest absolute Gasteiger partial charge is 0.472 e. The van der Waals surface area contributed by atoms with E-state index in [0.717, 1.165) is 51.0 Å². The molecule has 0 aromatic heterocycles. The molecule has 69 heavy (non-hydrogen) atoms. The molecule has 1 saturated heterocycles. The summed E-state index contributed by atoms with van der Waals surface area (Å²) in [7, 11) is -5.40. The number of allylic oxidation sites excluding steroid dienone is 3. The second-order valence-corrected chi connectivity index (χ2v) is 20.2. The fraction of sp³-hybridized carbons (Fsp3) is 0.880. The zero-order valence-electron chi connectivity index (χ0n) is 41.6. The number of ether oxygens (including phenoxy) is 4. The van der Waals surface area contributed by atoms with E-state index in [1.54, 1.807) is 6.08 Å². The molecule has 18 nitrogen and oxygen atoms in total. The molecule has 0 spiro atoms. The van der Waals surface area contributed by atoms with Crippen molar-refractivity contribution in [1.29, 1.82) is 0 Å². The number of hydrogen-bond donors (Lipinski definition) is 9. The summed E-state index contributed by atoms with van der Waals surface area (Å²) in [5.41, 5.74) is 0. The lowest BCUT2D eigenvalue weighted by Gasteiger charge is -2.47. The predicted molar refractivity (Wildman–Crippen MR) is 258 cm³/mol. The SMILES string of the molecule is CCCCCCCCCCCCC/C=C/C=C/C(=O)OC(COC(=O)CCCCCCCCCCCCCCCC)COP(=O)(O)OC1C(O)C(O)C(O)C(O)C1OC1OC(CO)C(O)C(O)C1O. The first-order valence-electron chi connectivity index (χ1n) is 26.2. The Morgan fingerprint density at radius 3 is 1.55 bits per heavy atom. The minimum Gasteiger partial charge on any atom is -0.462 e. The van der Waals surface area contributed by atoms with E-state index in [9.17, 15) is 59.9 Å². The molecule has 2 aliphatic rings. The summed E-state index contributed by atoms with van der Waals surface area (Å²) in [6.45, 7) is 2.14. The van der Waals surface area contributed by atoms with Crippen molar-refractivity contribution in [2.75, 3.05) is 19.8 Å². The number of rotatable bonds is 40. The van der Waals surface area contributed by atoms with Crippen LogP contribution in [0.1, 0.15) is 187 Å². The lowest BCUT2D eigenvalue weighted by molar-refractivity contribution is -0.338. The van der Waals surface area contributed by atoms with Crippen LogP contribution >= 0.6 is 7.82 Å². The fourth-order valence-electron chi connectivity index (χ4n) is 8.43. The molecule has 0 radical (unpaired) electrons. The maximum absolute atomic E-state index is 13.4. The van der Waals surface area contributed by atoms with Crippen LogP contribution in [0.3, 0.4) is 0 Å². The summed E-state index contributed by atoms with van der Waals surface area (Å²) in [6.07, 6.45) is 13.2. The summed E-state index contributed by atoms with van der Waals surface area (Å²) >= 11 is 0. The Balaban J connectivity index is 1.97. The molecule has 1 heterocycles. The number of phosphoric ester groups is 1. The number of carbonyl (C=O) groups is 2. The van der Waals surface area contributed by atoms with Crippen molar-refractivity contribution in [3.63, 3.8) is 0 Å². The van der Waals surface area contributed by atoms with Crippen molar-refractivity contribution in [2.45, 2.75) is 261 Å². The Morgan fingerprint density at radius 1 is 0.580 bits per heavy atom. The molecule has 1 saturated carbocycles. The molecule has 0 amide bonds. The van der Waals surface area contributed by atoms with Crippen molar-refractivity contribution in [3.05, 3.63) is 24.3 Å². The van der Waals surface area contributed by atoms with E-state index in [-0.39, 0.29) is 6.42 Å². The third-order valence-electron chi connectivity index (χ3n) is 12.8. The molecular weight excluding hydrogens is 920 g/mol. The number of hydrogen-bond acceptors (Lipinski definition) is 17. The summed E-state index contributed by atoms with van der Waals surface area (Å²) in [5, 5.41) is 82.9. The highest BCUT2D eigenvalue weighted by Gasteiger charge is 2.55. The molecule has 1 aliphatic carbocycles. The second kappa shape index (κ2) is 37.8. The van der Waals surface area contributed by atoms with Crippen LogP contribution in [0.15, 0.2) is 24.3 Å². The zero-order valence-corrected chi connectivity index (χ0v) is 42.5. The molecule has 404 valence electrons. The molecule has 1 aliphatic heterocycles. The topological polar surface area (TPSA) is 289 Å². The number of phosphoric acid groups is 1. The van der Waals surface area contributed by atoms with Crippen molar-refractivity contribution >= 4 is 19.8 Å². The number of esters is 2. The van der Waals surface area contributed by atoms with Crippen molar-refractivity contribution in [2.24, 2.45) is 0 Å². The Morgan fingerprint density at radius 2 is 1.04 bits per heavy atom. The van der Waals surface area contributed by atoms with Crippen LogP contribution in [0.4, 0.5) is 0 Å². The quantitative estimate of drug-likeness (QED) is 0.0107. The van der Waals surface area contributed by atoms with Gasteiger partial charge in [-0.1, -0.05) is 180 Å². The van der Waals surface area contributed by atoms with E-state index in [1.165, 1.54) is 122 Å². The second-order valence-electron chi connectivity index (χ2n) is 18.8. The van der Waals surface area contributed by atoms with Crippen LogP contribution in [0.25, 0.3) is 0 Å². The van der Waals surface area contributed by atoms with Crippen LogP contribution in [-0.4, -0.2) is 151 Å². The molecule has 2 rings (SSSR count). The van der Waals surface area contributed by atoms with E-state index >= 15 is 0 Å². The number of unbranched alkanes of at least 4 members (excludes halogenated alkanes) is 24. The van der Waals surface area contributed by atoms with Gasteiger partial charge in [0.25, 0.3) is 0 Å². The van der Waals surface area contributed by atoms with E-state index in [2.05, 4.69) is 13.8 Å². The predicted octanol–water partition coefficient (Wildman–Crippen LogP) is 6.27. The number of carbonyl (C=O) groups excluding carboxylic acids is 2. The number of aliphatic hydroxyl groups excluding tert-OH is 8. The molecule has 13 atom stereocenters. The molecule has 0 aromatic carbocycles. The highest BCUT2D eigenvalue weighted by Crippen LogP contribution is 2.48. The standard InChI is InChI=1S/C50H91O18P/c1-3-5-7-9-11-13-15-17-19-21-23-25-27-29-31-33-40(53)65-37(35-63-39(52)32-30-28-26-24-22-20-18-16-14-12-10-8-6-4-2)36-64-69(61,62)68-49-46(59)44(57)43(56)45(58)48(49)67-50-47(60)42(55)41(54)38(34-51)66-50/h27,29,31,33,37-38,41-51,54-60H,3-26,28,30,32,34-36H2,1-2H3,(H,61,62)/b29-27+,33-31+. The van der Waals surface area contributed by atoms with Gasteiger partial charge in [-0.25, -0.2) is 9.36 Å². The third kappa shape index (κ3) is 26.6. The minimum absolute atomic E-state index is 0.0941. The van der Waals surface area contributed by atoms with Gasteiger partial charge in [0, 0.05) is 12.5 Å². The molecule has 2 fully saturated rings. The molecule has 0 bridgehead atoms. The molecule has 0 aromatic rings. The lowest BCUT2D eigenvalue weighted by Crippen LogP contribution is -2.67. The summed E-state index contributed by atoms with van der Waals surface area (Å²) < 4.78 is 45.3. The van der Waals surface area contributed by atoms with Crippen molar-refractivity contribution < 1.29 is 87.9 Å². The highest BCUT2D eigenvalue weighted by atomic mass is 31.2. The number of aliphatic hydroxyl groups is 8. The normalized spacial score (nSPS) is 27.7. The summed E-state index contributed by atoms with van der Waals surface area (Å²) in [4.78, 5) is 36.4. The first kappa shape index (κ1) is 63.2. The van der Waals surface area contributed by atoms with E-state index in [1.807, 2.05) is 6.08 Å². The van der Waals surface area contributed by atoms with Crippen LogP contribution in [0.5, 0.6) is 0 Å². The average Bonchev–Trinajstić information content (AvgIpc) is 3.33. The Bertz CT molecular complexity index is 1430. The molecule has 9 N–H and O–H groups in total. The van der Waals surface area contributed by atoms with Gasteiger partial charge in [0.1, 0.15) is 67.6 Å². The monoisotopic (exact) mass is 1010 g/mol. The van der Waals surface area contributed by atoms with Gasteiger partial charge in [-0.05, 0) is 19.3 Å². The van der Waals surface area contributed by atoms with Crippen LogP contribution in [0, 0.1) is 0 Å². The van der Waals surface area contributed by atoms with Crippen molar-refractivity contribution in [3.8, 4) is 0 Å². The van der Waals surface area contributed by atoms with E-state index < -0.39 is 113 Å². The van der Waals surface area contributed by atoms with Gasteiger partial charge in [-0.3, -0.25) is 13.8 Å². The van der Waals surface area contributed by atoms with Gasteiger partial charge in [-0.2, -0.15) is 0 Å². The minimum atomic E-state index is -5.40. The van der Waals surface area contributed by atoms with E-state index in [0.29, 0.717) is 6.42 Å². The van der Waals surface area contributed by atoms with Crippen LogP contribution < -0.4 is 0 Å². The average molecular weight is 1010 g/mol. The first-order chi connectivity index (χ1) is 33.2. The van der Waals surface area contributed by atoms with Gasteiger partial charge < -0.3 is 64.7 Å². The highest BCUT2D eigenvalue weighted by molar-refractivity contribution is 7.47.